The number of fused-ring (bicyclic) bond motifs is 1. The molecule has 4 nitrogen and oxygen atoms in total. The van der Waals surface area contributed by atoms with E-state index in [0.717, 1.165) is 27.8 Å². The minimum atomic E-state index is 0.649. The van der Waals surface area contributed by atoms with Crippen LogP contribution in [0.25, 0.3) is 16.5 Å². The Morgan fingerprint density at radius 3 is 2.68 bits per heavy atom. The lowest BCUT2D eigenvalue weighted by Gasteiger charge is -2.09. The highest BCUT2D eigenvalue weighted by Gasteiger charge is 2.09. The van der Waals surface area contributed by atoms with Gasteiger partial charge < -0.3 is 5.73 Å². The number of rotatable bonds is 1. The second-order valence-electron chi connectivity index (χ2n) is 4.55. The molecule has 0 radical (unpaired) electrons. The number of nitrogens with zero attached hydrogens (tertiary/aromatic N) is 3. The Labute approximate surface area is 115 Å². The van der Waals surface area contributed by atoms with Gasteiger partial charge in [0.2, 0.25) is 0 Å². The first-order valence-electron chi connectivity index (χ1n) is 5.93. The van der Waals surface area contributed by atoms with Crippen molar-refractivity contribution in [2.75, 3.05) is 5.73 Å². The molecule has 2 aromatic heterocycles. The standard InChI is InChI=1S/C14H13ClN4/c1-8-5-10-11(6-17-8)13(16)3-4-14(10)19-7-12(15)9(2)18-19/h3-7H,16H2,1-2H3. The summed E-state index contributed by atoms with van der Waals surface area (Å²) in [6.45, 7) is 3.83. The van der Waals surface area contributed by atoms with Crippen LogP contribution in [0.5, 0.6) is 0 Å². The van der Waals surface area contributed by atoms with E-state index in [1.807, 2.05) is 32.0 Å². The van der Waals surface area contributed by atoms with E-state index in [2.05, 4.69) is 10.1 Å². The molecule has 2 N–H and O–H groups in total. The molecular formula is C14H13ClN4. The fourth-order valence-corrected chi connectivity index (χ4v) is 2.24. The summed E-state index contributed by atoms with van der Waals surface area (Å²) < 4.78 is 1.78. The Morgan fingerprint density at radius 2 is 2.00 bits per heavy atom. The molecule has 3 aromatic rings. The summed E-state index contributed by atoms with van der Waals surface area (Å²) in [5, 5.41) is 7.01. The first-order valence-corrected chi connectivity index (χ1v) is 6.31. The van der Waals surface area contributed by atoms with Gasteiger partial charge in [0, 0.05) is 34.5 Å². The van der Waals surface area contributed by atoms with Gasteiger partial charge in [0.25, 0.3) is 0 Å². The quantitative estimate of drug-likeness (QED) is 0.692. The molecule has 1 aromatic carbocycles. The van der Waals surface area contributed by atoms with Gasteiger partial charge in [-0.25, -0.2) is 4.68 Å². The summed E-state index contributed by atoms with van der Waals surface area (Å²) in [5.74, 6) is 0. The van der Waals surface area contributed by atoms with Crippen LogP contribution in [-0.2, 0) is 0 Å². The summed E-state index contributed by atoms with van der Waals surface area (Å²) in [4.78, 5) is 4.29. The van der Waals surface area contributed by atoms with Crippen LogP contribution in [0, 0.1) is 13.8 Å². The molecule has 0 bridgehead atoms. The van der Waals surface area contributed by atoms with Gasteiger partial charge in [-0.3, -0.25) is 4.98 Å². The number of halogens is 1. The van der Waals surface area contributed by atoms with E-state index in [9.17, 15) is 0 Å². The number of benzene rings is 1. The molecule has 0 saturated heterocycles. The number of aryl methyl sites for hydroxylation is 2. The van der Waals surface area contributed by atoms with Crippen LogP contribution in [0.15, 0.2) is 30.6 Å². The highest BCUT2D eigenvalue weighted by molar-refractivity contribution is 6.31. The van der Waals surface area contributed by atoms with Gasteiger partial charge in [-0.05, 0) is 32.0 Å². The van der Waals surface area contributed by atoms with Crippen molar-refractivity contribution in [2.24, 2.45) is 0 Å². The predicted molar refractivity (Wildman–Crippen MR) is 77.8 cm³/mol. The third kappa shape index (κ3) is 1.94. The average molecular weight is 273 g/mol. The van der Waals surface area contributed by atoms with E-state index in [1.165, 1.54) is 0 Å². The minimum Gasteiger partial charge on any atom is -0.398 e. The molecule has 0 aliphatic carbocycles. The largest absolute Gasteiger partial charge is 0.398 e. The average Bonchev–Trinajstić information content (AvgIpc) is 2.69. The summed E-state index contributed by atoms with van der Waals surface area (Å²) in [5.41, 5.74) is 9.39. The van der Waals surface area contributed by atoms with Crippen LogP contribution >= 0.6 is 11.6 Å². The van der Waals surface area contributed by atoms with Crippen molar-refractivity contribution in [2.45, 2.75) is 13.8 Å². The van der Waals surface area contributed by atoms with Crippen LogP contribution in [0.2, 0.25) is 5.02 Å². The van der Waals surface area contributed by atoms with Crippen molar-refractivity contribution < 1.29 is 0 Å². The Balaban J connectivity index is 2.35. The smallest absolute Gasteiger partial charge is 0.0819 e. The molecule has 0 unspecified atom stereocenters. The molecule has 0 fully saturated rings. The Bertz CT molecular complexity index is 757. The van der Waals surface area contributed by atoms with Crippen molar-refractivity contribution >= 4 is 28.1 Å². The van der Waals surface area contributed by atoms with E-state index in [1.54, 1.807) is 17.1 Å². The summed E-state index contributed by atoms with van der Waals surface area (Å²) in [7, 11) is 0. The zero-order chi connectivity index (χ0) is 13.6. The molecule has 3 rings (SSSR count). The fraction of sp³-hybridized carbons (Fsp3) is 0.143. The third-order valence-corrected chi connectivity index (χ3v) is 3.51. The highest BCUT2D eigenvalue weighted by atomic mass is 35.5. The van der Waals surface area contributed by atoms with Crippen molar-refractivity contribution in [3.05, 3.63) is 47.0 Å². The van der Waals surface area contributed by atoms with Gasteiger partial charge in [0.15, 0.2) is 0 Å². The molecule has 0 aliphatic heterocycles. The number of nitrogen functional groups attached to an aromatic ring is 1. The first-order chi connectivity index (χ1) is 9.06. The maximum Gasteiger partial charge on any atom is 0.0819 e. The number of aromatic nitrogens is 3. The Morgan fingerprint density at radius 1 is 1.21 bits per heavy atom. The zero-order valence-electron chi connectivity index (χ0n) is 10.7. The molecule has 5 heteroatoms. The van der Waals surface area contributed by atoms with Gasteiger partial charge in [0.1, 0.15) is 0 Å². The molecular weight excluding hydrogens is 260 g/mol. The van der Waals surface area contributed by atoms with Gasteiger partial charge in [0.05, 0.1) is 16.4 Å². The number of hydrogen-bond acceptors (Lipinski definition) is 3. The normalized spacial score (nSPS) is 11.1. The number of nitrogens with two attached hydrogens (primary N) is 1. The van der Waals surface area contributed by atoms with Crippen LogP contribution in [0.1, 0.15) is 11.4 Å². The predicted octanol–water partition coefficient (Wildman–Crippen LogP) is 3.27. The first kappa shape index (κ1) is 12.0. The van der Waals surface area contributed by atoms with E-state index in [-0.39, 0.29) is 0 Å². The molecule has 0 saturated carbocycles. The fourth-order valence-electron chi connectivity index (χ4n) is 2.11. The SMILES string of the molecule is Cc1cc2c(-n3cc(Cl)c(C)n3)ccc(N)c2cn1. The maximum atomic E-state index is 6.07. The van der Waals surface area contributed by atoms with E-state index in [4.69, 9.17) is 17.3 Å². The molecule has 0 atom stereocenters. The highest BCUT2D eigenvalue weighted by Crippen LogP contribution is 2.28. The molecule has 0 aliphatic rings. The van der Waals surface area contributed by atoms with Crippen LogP contribution in [0.4, 0.5) is 5.69 Å². The van der Waals surface area contributed by atoms with E-state index >= 15 is 0 Å². The van der Waals surface area contributed by atoms with Gasteiger partial charge in [-0.2, -0.15) is 5.10 Å². The van der Waals surface area contributed by atoms with Gasteiger partial charge in [-0.15, -0.1) is 0 Å². The number of hydrogen-bond donors (Lipinski definition) is 1. The topological polar surface area (TPSA) is 56.7 Å². The molecule has 2 heterocycles. The van der Waals surface area contributed by atoms with Crippen molar-refractivity contribution in [3.63, 3.8) is 0 Å². The van der Waals surface area contributed by atoms with Crippen molar-refractivity contribution in [1.29, 1.82) is 0 Å². The van der Waals surface area contributed by atoms with Crippen LogP contribution < -0.4 is 5.73 Å². The monoisotopic (exact) mass is 272 g/mol. The van der Waals surface area contributed by atoms with Gasteiger partial charge >= 0.3 is 0 Å². The number of anilines is 1. The van der Waals surface area contributed by atoms with Crippen LogP contribution in [0.3, 0.4) is 0 Å². The van der Waals surface area contributed by atoms with Crippen molar-refractivity contribution in [3.8, 4) is 5.69 Å². The molecule has 19 heavy (non-hydrogen) atoms. The third-order valence-electron chi connectivity index (χ3n) is 3.13. The molecule has 0 spiro atoms. The lowest BCUT2D eigenvalue weighted by molar-refractivity contribution is 0.869. The second kappa shape index (κ2) is 4.24. The summed E-state index contributed by atoms with van der Waals surface area (Å²) in [6, 6.07) is 5.81. The molecule has 0 amide bonds. The Kier molecular flexibility index (Phi) is 2.68. The summed E-state index contributed by atoms with van der Waals surface area (Å²) >= 11 is 6.07. The lowest BCUT2D eigenvalue weighted by Crippen LogP contribution is -1.99. The minimum absolute atomic E-state index is 0.649. The zero-order valence-corrected chi connectivity index (χ0v) is 11.4. The second-order valence-corrected chi connectivity index (χ2v) is 4.96. The van der Waals surface area contributed by atoms with Gasteiger partial charge in [-0.1, -0.05) is 11.6 Å². The number of pyridine rings is 1. The van der Waals surface area contributed by atoms with Crippen LogP contribution in [-0.4, -0.2) is 14.8 Å². The van der Waals surface area contributed by atoms with E-state index < -0.39 is 0 Å². The molecule has 96 valence electrons. The van der Waals surface area contributed by atoms with E-state index in [0.29, 0.717) is 10.7 Å². The van der Waals surface area contributed by atoms with Crippen molar-refractivity contribution in [1.82, 2.24) is 14.8 Å². The summed E-state index contributed by atoms with van der Waals surface area (Å²) in [6.07, 6.45) is 3.60. The lowest BCUT2D eigenvalue weighted by atomic mass is 10.1. The Hall–Kier alpha value is -2.07. The maximum absolute atomic E-state index is 6.07.